The number of rotatable bonds is 5. The summed E-state index contributed by atoms with van der Waals surface area (Å²) < 4.78 is 6.50. The van der Waals surface area contributed by atoms with Crippen LogP contribution in [0.3, 0.4) is 0 Å². The highest BCUT2D eigenvalue weighted by Gasteiger charge is 2.17. The Morgan fingerprint density at radius 1 is 0.340 bits per heavy atom. The van der Waals surface area contributed by atoms with Crippen LogP contribution in [0.15, 0.2) is 192 Å². The molecule has 0 saturated heterocycles. The number of furan rings is 1. The predicted molar refractivity (Wildman–Crippen MR) is 212 cm³/mol. The van der Waals surface area contributed by atoms with Gasteiger partial charge in [-0.25, -0.2) is 0 Å². The summed E-state index contributed by atoms with van der Waals surface area (Å²) >= 11 is 0. The average molecular weight is 638 g/mol. The summed E-state index contributed by atoms with van der Waals surface area (Å²) in [6.07, 6.45) is 0. The van der Waals surface area contributed by atoms with Gasteiger partial charge in [-0.3, -0.25) is 0 Å². The van der Waals surface area contributed by atoms with Crippen LogP contribution in [0.2, 0.25) is 0 Å². The Morgan fingerprint density at radius 2 is 0.900 bits per heavy atom. The molecule has 2 heteroatoms. The molecule has 0 bridgehead atoms. The van der Waals surface area contributed by atoms with Crippen LogP contribution in [-0.2, 0) is 0 Å². The van der Waals surface area contributed by atoms with Gasteiger partial charge in [0.2, 0.25) is 0 Å². The first-order valence-electron chi connectivity index (χ1n) is 17.1. The zero-order valence-electron chi connectivity index (χ0n) is 27.3. The van der Waals surface area contributed by atoms with Crippen LogP contribution in [0.4, 0.5) is 17.1 Å². The van der Waals surface area contributed by atoms with Gasteiger partial charge < -0.3 is 9.32 Å². The molecule has 0 spiro atoms. The molecule has 0 unspecified atom stereocenters. The molecule has 0 fully saturated rings. The molecule has 2 nitrogen and oxygen atoms in total. The third-order valence-corrected chi connectivity index (χ3v) is 10.0. The lowest BCUT2D eigenvalue weighted by atomic mass is 9.98. The highest BCUT2D eigenvalue weighted by atomic mass is 16.3. The molecule has 50 heavy (non-hydrogen) atoms. The first kappa shape index (κ1) is 28.4. The molecule has 10 rings (SSSR count). The fraction of sp³-hybridized carbons (Fsp3) is 0. The number of anilines is 3. The van der Waals surface area contributed by atoms with Gasteiger partial charge in [-0.1, -0.05) is 133 Å². The maximum atomic E-state index is 6.50. The van der Waals surface area contributed by atoms with Crippen LogP contribution in [0.1, 0.15) is 0 Å². The van der Waals surface area contributed by atoms with E-state index in [0.717, 1.165) is 50.0 Å². The summed E-state index contributed by atoms with van der Waals surface area (Å²) in [5, 5.41) is 9.56. The highest BCUT2D eigenvalue weighted by molar-refractivity contribution is 6.19. The number of hydrogen-bond donors (Lipinski definition) is 0. The zero-order chi connectivity index (χ0) is 33.0. The minimum atomic E-state index is 0.905. The van der Waals surface area contributed by atoms with Gasteiger partial charge in [-0.15, -0.1) is 0 Å². The number of fused-ring (bicyclic) bond motifs is 7. The molecule has 234 valence electrons. The molecule has 1 heterocycles. The van der Waals surface area contributed by atoms with Gasteiger partial charge in [-0.05, 0) is 104 Å². The normalized spacial score (nSPS) is 11.6. The van der Waals surface area contributed by atoms with Crippen molar-refractivity contribution in [2.45, 2.75) is 0 Å². The summed E-state index contributed by atoms with van der Waals surface area (Å²) in [5.41, 5.74) is 9.89. The van der Waals surface area contributed by atoms with Crippen LogP contribution in [0, 0.1) is 0 Å². The second-order valence-electron chi connectivity index (χ2n) is 13.0. The van der Waals surface area contributed by atoms with E-state index in [1.54, 1.807) is 0 Å². The van der Waals surface area contributed by atoms with Crippen LogP contribution in [0.25, 0.3) is 76.5 Å². The second-order valence-corrected chi connectivity index (χ2v) is 13.0. The fourth-order valence-corrected chi connectivity index (χ4v) is 7.52. The van der Waals surface area contributed by atoms with Crippen molar-refractivity contribution in [3.05, 3.63) is 188 Å². The lowest BCUT2D eigenvalue weighted by molar-refractivity contribution is 0.673. The van der Waals surface area contributed by atoms with Crippen LogP contribution >= 0.6 is 0 Å². The van der Waals surface area contributed by atoms with Crippen molar-refractivity contribution in [3.63, 3.8) is 0 Å². The van der Waals surface area contributed by atoms with E-state index in [9.17, 15) is 0 Å². The van der Waals surface area contributed by atoms with Crippen molar-refractivity contribution in [3.8, 4) is 22.3 Å². The van der Waals surface area contributed by atoms with Crippen LogP contribution < -0.4 is 4.90 Å². The smallest absolute Gasteiger partial charge is 0.143 e. The number of benzene rings is 9. The Balaban J connectivity index is 1.07. The third-order valence-electron chi connectivity index (χ3n) is 10.0. The maximum Gasteiger partial charge on any atom is 0.143 e. The van der Waals surface area contributed by atoms with E-state index < -0.39 is 0 Å². The van der Waals surface area contributed by atoms with Gasteiger partial charge in [0.1, 0.15) is 11.2 Å². The van der Waals surface area contributed by atoms with Crippen molar-refractivity contribution in [1.82, 2.24) is 0 Å². The Kier molecular flexibility index (Phi) is 6.53. The lowest BCUT2D eigenvalue weighted by Gasteiger charge is -2.26. The van der Waals surface area contributed by atoms with Gasteiger partial charge in [0.15, 0.2) is 0 Å². The average Bonchev–Trinajstić information content (AvgIpc) is 3.58. The van der Waals surface area contributed by atoms with Crippen molar-refractivity contribution in [2.75, 3.05) is 4.90 Å². The van der Waals surface area contributed by atoms with E-state index in [1.165, 1.54) is 43.6 Å². The van der Waals surface area contributed by atoms with E-state index in [0.29, 0.717) is 0 Å². The minimum Gasteiger partial charge on any atom is -0.455 e. The first-order chi connectivity index (χ1) is 24.8. The third kappa shape index (κ3) is 4.73. The second kappa shape index (κ2) is 11.5. The number of hydrogen-bond acceptors (Lipinski definition) is 2. The SMILES string of the molecule is c1ccc2cc(-c3ccc(N(c4ccc(-c5cccc6oc7c8ccccc8ccc7c56)cc4)c4ccc5ccccc5c4)cc3)ccc2c1. The Bertz CT molecular complexity index is 2860. The van der Waals surface area contributed by atoms with Gasteiger partial charge in [0.25, 0.3) is 0 Å². The molecule has 0 radical (unpaired) electrons. The fourth-order valence-electron chi connectivity index (χ4n) is 7.52. The summed E-state index contributed by atoms with van der Waals surface area (Å²) in [7, 11) is 0. The van der Waals surface area contributed by atoms with Gasteiger partial charge in [-0.2, -0.15) is 0 Å². The molecule has 0 amide bonds. The minimum absolute atomic E-state index is 0.905. The molecule has 0 N–H and O–H groups in total. The lowest BCUT2D eigenvalue weighted by Crippen LogP contribution is -2.09. The Hall–Kier alpha value is -6.64. The molecule has 0 atom stereocenters. The van der Waals surface area contributed by atoms with E-state index in [-0.39, 0.29) is 0 Å². The Labute approximate surface area is 290 Å². The van der Waals surface area contributed by atoms with Gasteiger partial charge in [0, 0.05) is 33.2 Å². The Morgan fingerprint density at radius 3 is 1.64 bits per heavy atom. The van der Waals surface area contributed by atoms with Crippen molar-refractivity contribution in [1.29, 1.82) is 0 Å². The van der Waals surface area contributed by atoms with Crippen LogP contribution in [0.5, 0.6) is 0 Å². The highest BCUT2D eigenvalue weighted by Crippen LogP contribution is 2.42. The standard InChI is InChI=1S/C48H31NO/c1-3-11-37-30-39(17-16-32(37)8-1)34-18-24-40(25-19-34)49(42-28-20-33-9-2-4-12-38(33)31-42)41-26-21-36(22-27-41)43-14-7-15-46-47(43)45-29-23-35-10-5-6-13-44(35)48(45)50-46/h1-31H. The number of nitrogens with zero attached hydrogens (tertiary/aromatic N) is 1. The van der Waals surface area contributed by atoms with E-state index in [2.05, 4.69) is 193 Å². The van der Waals surface area contributed by atoms with Crippen LogP contribution in [-0.4, -0.2) is 0 Å². The van der Waals surface area contributed by atoms with Crippen molar-refractivity contribution >= 4 is 71.3 Å². The van der Waals surface area contributed by atoms with Crippen molar-refractivity contribution < 1.29 is 4.42 Å². The van der Waals surface area contributed by atoms with Gasteiger partial charge in [0.05, 0.1) is 0 Å². The predicted octanol–water partition coefficient (Wildman–Crippen LogP) is 13.8. The summed E-state index contributed by atoms with van der Waals surface area (Å²) in [6.45, 7) is 0. The topological polar surface area (TPSA) is 16.4 Å². The molecule has 1 aromatic heterocycles. The summed E-state index contributed by atoms with van der Waals surface area (Å²) in [6, 6.07) is 67.5. The van der Waals surface area contributed by atoms with E-state index >= 15 is 0 Å². The largest absolute Gasteiger partial charge is 0.455 e. The maximum absolute atomic E-state index is 6.50. The van der Waals surface area contributed by atoms with E-state index in [1.807, 2.05) is 0 Å². The molecule has 0 aliphatic heterocycles. The summed E-state index contributed by atoms with van der Waals surface area (Å²) in [5.74, 6) is 0. The molecule has 0 aliphatic carbocycles. The zero-order valence-corrected chi connectivity index (χ0v) is 27.3. The monoisotopic (exact) mass is 637 g/mol. The quantitative estimate of drug-likeness (QED) is 0.187. The molecule has 10 aromatic rings. The molecule has 9 aromatic carbocycles. The molecular formula is C48H31NO. The van der Waals surface area contributed by atoms with Gasteiger partial charge >= 0.3 is 0 Å². The first-order valence-corrected chi connectivity index (χ1v) is 17.1. The molecule has 0 saturated carbocycles. The van der Waals surface area contributed by atoms with E-state index in [4.69, 9.17) is 4.42 Å². The molecule has 0 aliphatic rings. The van der Waals surface area contributed by atoms with Crippen molar-refractivity contribution in [2.24, 2.45) is 0 Å². The summed E-state index contributed by atoms with van der Waals surface area (Å²) in [4.78, 5) is 2.35. The molecular weight excluding hydrogens is 607 g/mol.